The molecule has 1 amide bonds. The van der Waals surface area contributed by atoms with E-state index in [-0.39, 0.29) is 11.8 Å². The Hall–Kier alpha value is -3.61. The Kier molecular flexibility index (Phi) is 7.40. The number of nitrogens with one attached hydrogen (secondary N) is 1. The number of amides is 1. The second-order valence-corrected chi connectivity index (χ2v) is 8.14. The third-order valence-electron chi connectivity index (χ3n) is 6.00. The van der Waals surface area contributed by atoms with Gasteiger partial charge in [-0.15, -0.1) is 0 Å². The molecule has 4 rings (SSSR count). The first kappa shape index (κ1) is 22.6. The van der Waals surface area contributed by atoms with Gasteiger partial charge in [0.1, 0.15) is 23.6 Å². The van der Waals surface area contributed by atoms with E-state index in [9.17, 15) is 4.79 Å². The van der Waals surface area contributed by atoms with Crippen LogP contribution in [0.2, 0.25) is 0 Å². The van der Waals surface area contributed by atoms with Gasteiger partial charge in [0.25, 0.3) is 0 Å². The van der Waals surface area contributed by atoms with Gasteiger partial charge in [0.2, 0.25) is 11.8 Å². The van der Waals surface area contributed by atoms with Gasteiger partial charge in [-0.1, -0.05) is 31.2 Å². The molecule has 7 nitrogen and oxygen atoms in total. The number of ether oxygens (including phenoxy) is 2. The standard InChI is InChI=1S/C26H30N4O3/c1-3-19-4-10-23(11-5-19)33-25-16-24(28-18-29-25)30-14-12-21(13-15-30)26(31)27-17-20-6-8-22(32-2)9-7-20/h4-11,16,18,21H,3,12-15,17H2,1-2H3,(H,27,31). The molecule has 2 heterocycles. The fourth-order valence-corrected chi connectivity index (χ4v) is 3.92. The van der Waals surface area contributed by atoms with Gasteiger partial charge in [-0.3, -0.25) is 4.79 Å². The van der Waals surface area contributed by atoms with Crippen molar-refractivity contribution in [1.29, 1.82) is 0 Å². The molecular formula is C26H30N4O3. The van der Waals surface area contributed by atoms with E-state index < -0.39 is 0 Å². The molecule has 0 bridgehead atoms. The number of hydrogen-bond acceptors (Lipinski definition) is 6. The lowest BCUT2D eigenvalue weighted by Crippen LogP contribution is -2.40. The van der Waals surface area contributed by atoms with Crippen LogP contribution in [-0.4, -0.2) is 36.1 Å². The van der Waals surface area contributed by atoms with Gasteiger partial charge in [0, 0.05) is 31.6 Å². The summed E-state index contributed by atoms with van der Waals surface area (Å²) in [6, 6.07) is 17.6. The fourth-order valence-electron chi connectivity index (χ4n) is 3.92. The fraction of sp³-hybridized carbons (Fsp3) is 0.346. The number of methoxy groups -OCH3 is 1. The highest BCUT2D eigenvalue weighted by Crippen LogP contribution is 2.26. The minimum absolute atomic E-state index is 0.00846. The summed E-state index contributed by atoms with van der Waals surface area (Å²) in [4.78, 5) is 23.5. The molecule has 0 spiro atoms. The van der Waals surface area contributed by atoms with E-state index in [1.165, 1.54) is 11.9 Å². The van der Waals surface area contributed by atoms with Crippen molar-refractivity contribution >= 4 is 11.7 Å². The number of aromatic nitrogens is 2. The van der Waals surface area contributed by atoms with Gasteiger partial charge >= 0.3 is 0 Å². The molecule has 0 atom stereocenters. The maximum absolute atomic E-state index is 12.6. The van der Waals surface area contributed by atoms with Crippen molar-refractivity contribution in [3.8, 4) is 17.4 Å². The predicted octanol–water partition coefficient (Wildman–Crippen LogP) is 4.37. The molecule has 7 heteroatoms. The van der Waals surface area contributed by atoms with Crippen LogP contribution in [-0.2, 0) is 17.8 Å². The first-order valence-electron chi connectivity index (χ1n) is 11.4. The highest BCUT2D eigenvalue weighted by Gasteiger charge is 2.25. The number of aryl methyl sites for hydroxylation is 1. The van der Waals surface area contributed by atoms with Crippen LogP contribution in [0.3, 0.4) is 0 Å². The van der Waals surface area contributed by atoms with Gasteiger partial charge in [-0.05, 0) is 54.7 Å². The zero-order chi connectivity index (χ0) is 23.0. The second kappa shape index (κ2) is 10.8. The number of carbonyl (C=O) groups is 1. The first-order chi connectivity index (χ1) is 16.1. The third kappa shape index (κ3) is 6.00. The first-order valence-corrected chi connectivity index (χ1v) is 11.4. The Morgan fingerprint density at radius 3 is 2.33 bits per heavy atom. The Bertz CT molecular complexity index is 1050. The van der Waals surface area contributed by atoms with Crippen molar-refractivity contribution in [2.75, 3.05) is 25.1 Å². The van der Waals surface area contributed by atoms with Crippen molar-refractivity contribution < 1.29 is 14.3 Å². The average molecular weight is 447 g/mol. The summed E-state index contributed by atoms with van der Waals surface area (Å²) >= 11 is 0. The Labute approximate surface area is 194 Å². The summed E-state index contributed by atoms with van der Waals surface area (Å²) < 4.78 is 11.1. The topological polar surface area (TPSA) is 76.6 Å². The molecule has 0 radical (unpaired) electrons. The van der Waals surface area contributed by atoms with Crippen molar-refractivity contribution in [3.63, 3.8) is 0 Å². The summed E-state index contributed by atoms with van der Waals surface area (Å²) in [5, 5.41) is 3.06. The minimum Gasteiger partial charge on any atom is -0.497 e. The van der Waals surface area contributed by atoms with Crippen molar-refractivity contribution in [2.24, 2.45) is 5.92 Å². The number of nitrogens with zero attached hydrogens (tertiary/aromatic N) is 3. The average Bonchev–Trinajstić information content (AvgIpc) is 2.88. The molecule has 33 heavy (non-hydrogen) atoms. The molecule has 1 aromatic heterocycles. The molecule has 3 aromatic rings. The molecular weight excluding hydrogens is 416 g/mol. The van der Waals surface area contributed by atoms with Crippen LogP contribution in [0.15, 0.2) is 60.9 Å². The smallest absolute Gasteiger partial charge is 0.224 e. The van der Waals surface area contributed by atoms with Crippen LogP contribution >= 0.6 is 0 Å². The maximum Gasteiger partial charge on any atom is 0.224 e. The number of anilines is 1. The van der Waals surface area contributed by atoms with Crippen molar-refractivity contribution in [1.82, 2.24) is 15.3 Å². The third-order valence-corrected chi connectivity index (χ3v) is 6.00. The van der Waals surface area contributed by atoms with E-state index in [1.54, 1.807) is 7.11 Å². The van der Waals surface area contributed by atoms with E-state index in [4.69, 9.17) is 9.47 Å². The lowest BCUT2D eigenvalue weighted by molar-refractivity contribution is -0.125. The molecule has 1 aliphatic rings. The van der Waals surface area contributed by atoms with Gasteiger partial charge < -0.3 is 19.7 Å². The van der Waals surface area contributed by atoms with Crippen LogP contribution in [0.5, 0.6) is 17.4 Å². The predicted molar refractivity (Wildman–Crippen MR) is 128 cm³/mol. The Morgan fingerprint density at radius 1 is 1.00 bits per heavy atom. The Balaban J connectivity index is 1.28. The molecule has 2 aromatic carbocycles. The summed E-state index contributed by atoms with van der Waals surface area (Å²) in [6.45, 7) is 4.18. The number of hydrogen-bond donors (Lipinski definition) is 1. The van der Waals surface area contributed by atoms with E-state index in [0.717, 1.165) is 55.2 Å². The molecule has 1 saturated heterocycles. The van der Waals surface area contributed by atoms with Crippen LogP contribution in [0.25, 0.3) is 0 Å². The van der Waals surface area contributed by atoms with Crippen molar-refractivity contribution in [3.05, 3.63) is 72.1 Å². The number of carbonyl (C=O) groups excluding carboxylic acids is 1. The molecule has 0 aliphatic carbocycles. The van der Waals surface area contributed by atoms with Gasteiger partial charge in [-0.25, -0.2) is 9.97 Å². The van der Waals surface area contributed by atoms with E-state index >= 15 is 0 Å². The molecule has 172 valence electrons. The van der Waals surface area contributed by atoms with Gasteiger partial charge in [0.05, 0.1) is 7.11 Å². The van der Waals surface area contributed by atoms with Crippen molar-refractivity contribution in [2.45, 2.75) is 32.7 Å². The summed E-state index contributed by atoms with van der Waals surface area (Å²) in [6.07, 6.45) is 4.09. The zero-order valence-corrected chi connectivity index (χ0v) is 19.2. The highest BCUT2D eigenvalue weighted by atomic mass is 16.5. The number of piperidine rings is 1. The van der Waals surface area contributed by atoms with Gasteiger partial charge in [-0.2, -0.15) is 0 Å². The zero-order valence-electron chi connectivity index (χ0n) is 19.2. The quantitative estimate of drug-likeness (QED) is 0.554. The maximum atomic E-state index is 12.6. The molecule has 0 saturated carbocycles. The number of benzene rings is 2. The van der Waals surface area contributed by atoms with Crippen LogP contribution in [0.1, 0.15) is 30.9 Å². The molecule has 1 fully saturated rings. The molecule has 1 aliphatic heterocycles. The minimum atomic E-state index is 0.00846. The summed E-state index contributed by atoms with van der Waals surface area (Å²) in [5.74, 6) is 3.02. The Morgan fingerprint density at radius 2 is 1.67 bits per heavy atom. The summed E-state index contributed by atoms with van der Waals surface area (Å²) in [7, 11) is 1.64. The van der Waals surface area contributed by atoms with E-state index in [2.05, 4.69) is 39.2 Å². The largest absolute Gasteiger partial charge is 0.497 e. The van der Waals surface area contributed by atoms with Crippen LogP contribution < -0.4 is 19.7 Å². The van der Waals surface area contributed by atoms with Crippen LogP contribution in [0.4, 0.5) is 5.82 Å². The van der Waals surface area contributed by atoms with Crippen LogP contribution in [0, 0.1) is 5.92 Å². The second-order valence-electron chi connectivity index (χ2n) is 8.14. The normalized spacial score (nSPS) is 14.1. The van der Waals surface area contributed by atoms with E-state index in [0.29, 0.717) is 12.4 Å². The lowest BCUT2D eigenvalue weighted by atomic mass is 9.96. The molecule has 1 N–H and O–H groups in total. The SMILES string of the molecule is CCc1ccc(Oc2cc(N3CCC(C(=O)NCc4ccc(OC)cc4)CC3)ncn2)cc1. The monoisotopic (exact) mass is 446 g/mol. The summed E-state index contributed by atoms with van der Waals surface area (Å²) in [5.41, 5.74) is 2.32. The van der Waals surface area contributed by atoms with E-state index in [1.807, 2.05) is 42.5 Å². The highest BCUT2D eigenvalue weighted by molar-refractivity contribution is 5.79. The van der Waals surface area contributed by atoms with Gasteiger partial charge in [0.15, 0.2) is 0 Å². The molecule has 0 unspecified atom stereocenters. The number of rotatable bonds is 8. The lowest BCUT2D eigenvalue weighted by Gasteiger charge is -2.32.